The third-order valence-corrected chi connectivity index (χ3v) is 2.79. The summed E-state index contributed by atoms with van der Waals surface area (Å²) in [5, 5.41) is 7.47. The van der Waals surface area contributed by atoms with Crippen molar-refractivity contribution in [3.8, 4) is 5.82 Å². The summed E-state index contributed by atoms with van der Waals surface area (Å²) in [6.45, 7) is 7.82. The van der Waals surface area contributed by atoms with E-state index in [1.807, 2.05) is 34.7 Å². The zero-order chi connectivity index (χ0) is 13.3. The molecule has 0 amide bonds. The standard InChI is InChI=1S/C12H18N6/c1-6-10-15-11(13-5)7(2)12(16-10)18-9(4)14-8(3)17-18/h6H2,1-5H3,(H,13,15,16). The minimum Gasteiger partial charge on any atom is -0.373 e. The van der Waals surface area contributed by atoms with Crippen molar-refractivity contribution < 1.29 is 0 Å². The van der Waals surface area contributed by atoms with Crippen LogP contribution in [0.5, 0.6) is 0 Å². The zero-order valence-corrected chi connectivity index (χ0v) is 11.4. The molecule has 6 heteroatoms. The van der Waals surface area contributed by atoms with Crippen LogP contribution in [0.4, 0.5) is 5.82 Å². The van der Waals surface area contributed by atoms with Gasteiger partial charge in [-0.2, -0.15) is 4.68 Å². The summed E-state index contributed by atoms with van der Waals surface area (Å²) in [6, 6.07) is 0. The van der Waals surface area contributed by atoms with Gasteiger partial charge >= 0.3 is 0 Å². The first-order valence-corrected chi connectivity index (χ1v) is 6.02. The van der Waals surface area contributed by atoms with Gasteiger partial charge in [0, 0.05) is 19.0 Å². The summed E-state index contributed by atoms with van der Waals surface area (Å²) < 4.78 is 1.77. The van der Waals surface area contributed by atoms with E-state index < -0.39 is 0 Å². The smallest absolute Gasteiger partial charge is 0.164 e. The molecule has 0 radical (unpaired) electrons. The maximum absolute atomic E-state index is 4.55. The van der Waals surface area contributed by atoms with Crippen molar-refractivity contribution in [2.45, 2.75) is 34.1 Å². The SMILES string of the molecule is CCc1nc(NC)c(C)c(-n2nc(C)nc2C)n1. The Morgan fingerprint density at radius 3 is 2.33 bits per heavy atom. The Hall–Kier alpha value is -1.98. The Kier molecular flexibility index (Phi) is 3.27. The highest BCUT2D eigenvalue weighted by Crippen LogP contribution is 2.19. The van der Waals surface area contributed by atoms with Crippen molar-refractivity contribution >= 4 is 5.82 Å². The molecule has 6 nitrogen and oxygen atoms in total. The van der Waals surface area contributed by atoms with Gasteiger partial charge in [0.2, 0.25) is 0 Å². The number of aromatic nitrogens is 5. The predicted octanol–water partition coefficient (Wildman–Crippen LogP) is 1.59. The molecule has 96 valence electrons. The lowest BCUT2D eigenvalue weighted by Crippen LogP contribution is -2.11. The Morgan fingerprint density at radius 2 is 1.83 bits per heavy atom. The van der Waals surface area contributed by atoms with Crippen LogP contribution in [0.1, 0.15) is 30.0 Å². The number of nitrogens with zero attached hydrogens (tertiary/aromatic N) is 5. The molecule has 2 aromatic heterocycles. The molecule has 0 aliphatic rings. The lowest BCUT2D eigenvalue weighted by Gasteiger charge is -2.11. The van der Waals surface area contributed by atoms with Crippen molar-refractivity contribution in [2.75, 3.05) is 12.4 Å². The fraction of sp³-hybridized carbons (Fsp3) is 0.500. The molecule has 0 atom stereocenters. The lowest BCUT2D eigenvalue weighted by atomic mass is 10.3. The minimum atomic E-state index is 0.745. The van der Waals surface area contributed by atoms with E-state index in [9.17, 15) is 0 Å². The van der Waals surface area contributed by atoms with Gasteiger partial charge < -0.3 is 5.32 Å². The largest absolute Gasteiger partial charge is 0.373 e. The summed E-state index contributed by atoms with van der Waals surface area (Å²) in [5.74, 6) is 4.01. The molecule has 0 bridgehead atoms. The van der Waals surface area contributed by atoms with E-state index in [-0.39, 0.29) is 0 Å². The van der Waals surface area contributed by atoms with Crippen LogP contribution >= 0.6 is 0 Å². The minimum absolute atomic E-state index is 0.745. The van der Waals surface area contributed by atoms with Gasteiger partial charge in [-0.25, -0.2) is 15.0 Å². The molecule has 18 heavy (non-hydrogen) atoms. The van der Waals surface area contributed by atoms with Gasteiger partial charge in [-0.3, -0.25) is 0 Å². The van der Waals surface area contributed by atoms with E-state index in [1.165, 1.54) is 0 Å². The van der Waals surface area contributed by atoms with E-state index >= 15 is 0 Å². The number of hydrogen-bond donors (Lipinski definition) is 1. The number of aryl methyl sites for hydroxylation is 3. The van der Waals surface area contributed by atoms with Crippen LogP contribution in [-0.2, 0) is 6.42 Å². The van der Waals surface area contributed by atoms with Gasteiger partial charge in [-0.15, -0.1) is 5.10 Å². The van der Waals surface area contributed by atoms with Crippen LogP contribution in [-0.4, -0.2) is 31.8 Å². The van der Waals surface area contributed by atoms with Gasteiger partial charge in [0.05, 0.1) is 0 Å². The number of hydrogen-bond acceptors (Lipinski definition) is 5. The summed E-state index contributed by atoms with van der Waals surface area (Å²) in [5.41, 5.74) is 0.975. The van der Waals surface area contributed by atoms with Crippen molar-refractivity contribution in [1.29, 1.82) is 0 Å². The van der Waals surface area contributed by atoms with Gasteiger partial charge in [0.25, 0.3) is 0 Å². The first-order chi connectivity index (χ1) is 8.56. The molecule has 0 aromatic carbocycles. The molecule has 1 N–H and O–H groups in total. The molecule has 0 unspecified atom stereocenters. The topological polar surface area (TPSA) is 68.5 Å². The van der Waals surface area contributed by atoms with Gasteiger partial charge in [-0.1, -0.05) is 6.92 Å². The van der Waals surface area contributed by atoms with E-state index in [4.69, 9.17) is 0 Å². The number of anilines is 1. The molecule has 0 spiro atoms. The third-order valence-electron chi connectivity index (χ3n) is 2.79. The average molecular weight is 246 g/mol. The first kappa shape index (κ1) is 12.5. The zero-order valence-electron chi connectivity index (χ0n) is 11.4. The molecule has 0 aliphatic carbocycles. The third kappa shape index (κ3) is 2.05. The fourth-order valence-electron chi connectivity index (χ4n) is 1.88. The maximum atomic E-state index is 4.55. The highest BCUT2D eigenvalue weighted by molar-refractivity contribution is 5.51. The molecular formula is C12H18N6. The Labute approximate surface area is 106 Å². The monoisotopic (exact) mass is 246 g/mol. The van der Waals surface area contributed by atoms with Crippen molar-refractivity contribution in [1.82, 2.24) is 24.7 Å². The second-order valence-electron chi connectivity index (χ2n) is 4.16. The normalized spacial score (nSPS) is 10.7. The van der Waals surface area contributed by atoms with E-state index in [0.717, 1.165) is 41.1 Å². The van der Waals surface area contributed by atoms with Crippen LogP contribution in [0.25, 0.3) is 5.82 Å². The molecule has 0 fully saturated rings. The van der Waals surface area contributed by atoms with Gasteiger partial charge in [-0.05, 0) is 20.8 Å². The maximum Gasteiger partial charge on any atom is 0.164 e. The van der Waals surface area contributed by atoms with Crippen LogP contribution in [0.15, 0.2) is 0 Å². The summed E-state index contributed by atoms with van der Waals surface area (Å²) in [7, 11) is 1.86. The highest BCUT2D eigenvalue weighted by atomic mass is 15.4. The average Bonchev–Trinajstić information content (AvgIpc) is 2.68. The quantitative estimate of drug-likeness (QED) is 0.890. The lowest BCUT2D eigenvalue weighted by molar-refractivity contribution is 0.773. The number of rotatable bonds is 3. The Bertz CT molecular complexity index is 572. The fourth-order valence-corrected chi connectivity index (χ4v) is 1.88. The molecular weight excluding hydrogens is 228 g/mol. The number of nitrogens with one attached hydrogen (secondary N) is 1. The highest BCUT2D eigenvalue weighted by Gasteiger charge is 2.14. The van der Waals surface area contributed by atoms with Crippen LogP contribution in [0, 0.1) is 20.8 Å². The molecule has 2 rings (SSSR count). The molecule has 0 saturated carbocycles. The molecule has 0 aliphatic heterocycles. The van der Waals surface area contributed by atoms with E-state index in [2.05, 4.69) is 25.4 Å². The van der Waals surface area contributed by atoms with Crippen LogP contribution in [0.2, 0.25) is 0 Å². The summed E-state index contributed by atoms with van der Waals surface area (Å²) in [6.07, 6.45) is 0.786. The molecule has 2 aromatic rings. The summed E-state index contributed by atoms with van der Waals surface area (Å²) >= 11 is 0. The molecule has 0 saturated heterocycles. The second kappa shape index (κ2) is 4.72. The first-order valence-electron chi connectivity index (χ1n) is 6.02. The van der Waals surface area contributed by atoms with Gasteiger partial charge in [0.1, 0.15) is 23.3 Å². The Balaban J connectivity index is 2.66. The predicted molar refractivity (Wildman–Crippen MR) is 70.1 cm³/mol. The molecule has 2 heterocycles. The van der Waals surface area contributed by atoms with Crippen LogP contribution in [0.3, 0.4) is 0 Å². The summed E-state index contributed by atoms with van der Waals surface area (Å²) in [4.78, 5) is 13.3. The second-order valence-corrected chi connectivity index (χ2v) is 4.16. The van der Waals surface area contributed by atoms with E-state index in [1.54, 1.807) is 4.68 Å². The van der Waals surface area contributed by atoms with Crippen LogP contribution < -0.4 is 5.32 Å². The Morgan fingerprint density at radius 1 is 1.11 bits per heavy atom. The van der Waals surface area contributed by atoms with Crippen molar-refractivity contribution in [3.05, 3.63) is 23.0 Å². The van der Waals surface area contributed by atoms with Gasteiger partial charge in [0.15, 0.2) is 5.82 Å². The van der Waals surface area contributed by atoms with Crippen molar-refractivity contribution in [2.24, 2.45) is 0 Å². The van der Waals surface area contributed by atoms with Crippen molar-refractivity contribution in [3.63, 3.8) is 0 Å². The van der Waals surface area contributed by atoms with E-state index in [0.29, 0.717) is 0 Å².